The normalized spacial score (nSPS) is 21.8. The van der Waals surface area contributed by atoms with Gasteiger partial charge in [0.1, 0.15) is 0 Å². The fourth-order valence-corrected chi connectivity index (χ4v) is 5.11. The van der Waals surface area contributed by atoms with Crippen LogP contribution in [0.5, 0.6) is 0 Å². The molecule has 0 aromatic heterocycles. The van der Waals surface area contributed by atoms with Gasteiger partial charge in [0.05, 0.1) is 34.7 Å². The van der Waals surface area contributed by atoms with Crippen molar-refractivity contribution in [2.45, 2.75) is 44.0 Å². The maximum Gasteiger partial charge on any atom is 0.472 e. The number of hydrogen-bond acceptors (Lipinski definition) is 3. The maximum atomic E-state index is 11.9. The summed E-state index contributed by atoms with van der Waals surface area (Å²) in [5.74, 6) is 0. The summed E-state index contributed by atoms with van der Waals surface area (Å²) in [7, 11) is -4.29. The molecule has 0 saturated carbocycles. The molecule has 13 heteroatoms. The SMILES string of the molecule is O=P(O)(OCC(Cl)C(Cl)CC(Br)CBr)OCC(Cl)C(Cl)CC(Br)CBr. The van der Waals surface area contributed by atoms with Crippen LogP contribution in [-0.4, -0.2) is 59.9 Å². The predicted octanol–water partition coefficient (Wildman–Crippen LogP) is 6.65. The summed E-state index contributed by atoms with van der Waals surface area (Å²) < 4.78 is 21.7. The van der Waals surface area contributed by atoms with Crippen LogP contribution in [0.3, 0.4) is 0 Å². The molecule has 0 fully saturated rings. The van der Waals surface area contributed by atoms with Crippen molar-refractivity contribution in [2.24, 2.45) is 0 Å². The van der Waals surface area contributed by atoms with Crippen LogP contribution < -0.4 is 0 Å². The lowest BCUT2D eigenvalue weighted by Crippen LogP contribution is -2.25. The zero-order valence-corrected chi connectivity index (χ0v) is 23.1. The van der Waals surface area contributed by atoms with Gasteiger partial charge in [0, 0.05) is 20.3 Å². The monoisotopic (exact) mass is 714 g/mol. The van der Waals surface area contributed by atoms with Crippen molar-refractivity contribution in [1.82, 2.24) is 0 Å². The van der Waals surface area contributed by atoms with E-state index in [0.29, 0.717) is 23.5 Å². The van der Waals surface area contributed by atoms with Crippen molar-refractivity contribution in [2.75, 3.05) is 23.9 Å². The van der Waals surface area contributed by atoms with E-state index in [1.54, 1.807) is 0 Å². The van der Waals surface area contributed by atoms with Crippen LogP contribution in [0.4, 0.5) is 0 Å². The molecule has 0 saturated heterocycles. The zero-order chi connectivity index (χ0) is 19.6. The number of rotatable bonds is 14. The van der Waals surface area contributed by atoms with Crippen molar-refractivity contribution < 1.29 is 18.5 Å². The van der Waals surface area contributed by atoms with E-state index in [4.69, 9.17) is 55.5 Å². The third-order valence-corrected chi connectivity index (χ3v) is 10.6. The fourth-order valence-electron chi connectivity index (χ4n) is 1.49. The molecule has 0 heterocycles. The van der Waals surface area contributed by atoms with Crippen LogP contribution in [0.2, 0.25) is 0 Å². The van der Waals surface area contributed by atoms with Gasteiger partial charge in [0.2, 0.25) is 0 Å². The van der Waals surface area contributed by atoms with Gasteiger partial charge >= 0.3 is 7.82 Å². The smallest absolute Gasteiger partial charge is 0.302 e. The van der Waals surface area contributed by atoms with E-state index in [1.165, 1.54) is 0 Å². The van der Waals surface area contributed by atoms with Gasteiger partial charge in [-0.1, -0.05) is 63.7 Å². The largest absolute Gasteiger partial charge is 0.472 e. The first-order chi connectivity index (χ1) is 11.5. The molecule has 0 amide bonds. The molecule has 4 nitrogen and oxygen atoms in total. The Morgan fingerprint density at radius 3 is 1.40 bits per heavy atom. The van der Waals surface area contributed by atoms with Gasteiger partial charge in [-0.05, 0) is 12.8 Å². The van der Waals surface area contributed by atoms with Gasteiger partial charge in [0.25, 0.3) is 0 Å². The molecule has 6 atom stereocenters. The van der Waals surface area contributed by atoms with Crippen molar-refractivity contribution in [3.63, 3.8) is 0 Å². The molecule has 1 N–H and O–H groups in total. The number of phosphoric ester groups is 1. The van der Waals surface area contributed by atoms with Gasteiger partial charge in [-0.25, -0.2) is 4.57 Å². The Morgan fingerprint density at radius 2 is 1.12 bits per heavy atom. The van der Waals surface area contributed by atoms with Crippen LogP contribution in [0.15, 0.2) is 0 Å². The van der Waals surface area contributed by atoms with E-state index < -0.39 is 29.3 Å². The summed E-state index contributed by atoms with van der Waals surface area (Å²) in [6, 6.07) is 0. The van der Waals surface area contributed by atoms with Crippen LogP contribution >= 0.6 is 118 Å². The molecular weight excluding hydrogens is 701 g/mol. The van der Waals surface area contributed by atoms with E-state index in [0.717, 1.165) is 0 Å². The van der Waals surface area contributed by atoms with Gasteiger partial charge in [0.15, 0.2) is 0 Å². The van der Waals surface area contributed by atoms with Crippen LogP contribution in [-0.2, 0) is 13.6 Å². The highest BCUT2D eigenvalue weighted by Crippen LogP contribution is 2.44. The first kappa shape index (κ1) is 28.2. The van der Waals surface area contributed by atoms with E-state index in [2.05, 4.69) is 63.7 Å². The summed E-state index contributed by atoms with van der Waals surface area (Å²) in [5, 5.41) is -0.739. The number of phosphoric acid groups is 1. The first-order valence-electron chi connectivity index (χ1n) is 7.10. The van der Waals surface area contributed by atoms with Crippen LogP contribution in [0.25, 0.3) is 0 Å². The Bertz CT molecular complexity index is 383. The van der Waals surface area contributed by atoms with E-state index >= 15 is 0 Å². The minimum absolute atomic E-state index is 0.142. The second-order valence-corrected chi connectivity index (χ2v) is 12.7. The molecule has 0 aromatic rings. The quantitative estimate of drug-likeness (QED) is 0.162. The maximum absolute atomic E-state index is 11.9. The second-order valence-electron chi connectivity index (χ2n) is 5.10. The molecule has 152 valence electrons. The van der Waals surface area contributed by atoms with E-state index in [1.807, 2.05) is 0 Å². The summed E-state index contributed by atoms with van der Waals surface area (Å²) in [6.07, 6.45) is 1.14. The van der Waals surface area contributed by atoms with Gasteiger partial charge in [-0.3, -0.25) is 9.05 Å². The zero-order valence-electron chi connectivity index (χ0n) is 12.8. The summed E-state index contributed by atoms with van der Waals surface area (Å²) in [5.41, 5.74) is 0. The highest BCUT2D eigenvalue weighted by Gasteiger charge is 2.29. The van der Waals surface area contributed by atoms with Gasteiger partial charge < -0.3 is 4.89 Å². The molecule has 0 aliphatic rings. The minimum Gasteiger partial charge on any atom is -0.302 e. The third kappa shape index (κ3) is 13.9. The van der Waals surface area contributed by atoms with Crippen molar-refractivity contribution in [1.29, 1.82) is 0 Å². The molecule has 0 aliphatic heterocycles. The lowest BCUT2D eigenvalue weighted by atomic mass is 10.2. The average Bonchev–Trinajstić information content (AvgIpc) is 2.56. The first-order valence-corrected chi connectivity index (χ1v) is 14.4. The standard InChI is InChI=1S/C12H19Br4Cl4O4P/c13-3-7(15)1-9(17)11(19)5-23-25(21,22)24-6-12(20)10(18)2-8(16)4-14/h7-12H,1-6H2,(H,21,22). The summed E-state index contributed by atoms with van der Waals surface area (Å²) in [6.45, 7) is -0.453. The number of hydrogen-bond donors (Lipinski definition) is 1. The number of halogens is 8. The average molecular weight is 720 g/mol. The predicted molar refractivity (Wildman–Crippen MR) is 123 cm³/mol. The Hall–Kier alpha value is 3.19. The fraction of sp³-hybridized carbons (Fsp3) is 1.00. The molecule has 0 spiro atoms. The highest BCUT2D eigenvalue weighted by atomic mass is 79.9. The Morgan fingerprint density at radius 1 is 0.800 bits per heavy atom. The molecule has 0 bridgehead atoms. The van der Waals surface area contributed by atoms with Crippen molar-refractivity contribution >= 4 is 118 Å². The highest BCUT2D eigenvalue weighted by molar-refractivity contribution is 9.12. The van der Waals surface area contributed by atoms with Crippen LogP contribution in [0, 0.1) is 0 Å². The lowest BCUT2D eigenvalue weighted by Gasteiger charge is -2.21. The molecular formula is C12H19Br4Cl4O4P. The lowest BCUT2D eigenvalue weighted by molar-refractivity contribution is 0.148. The molecule has 0 aromatic carbocycles. The molecule has 0 radical (unpaired) electrons. The summed E-state index contributed by atoms with van der Waals surface area (Å²) in [4.78, 5) is 9.99. The van der Waals surface area contributed by atoms with E-state index in [-0.39, 0.29) is 22.9 Å². The van der Waals surface area contributed by atoms with Crippen LogP contribution in [0.1, 0.15) is 12.8 Å². The topological polar surface area (TPSA) is 55.8 Å². The van der Waals surface area contributed by atoms with Gasteiger partial charge in [-0.15, -0.1) is 46.4 Å². The van der Waals surface area contributed by atoms with Crippen molar-refractivity contribution in [3.8, 4) is 0 Å². The number of alkyl halides is 8. The Kier molecular flexibility index (Phi) is 17.0. The third-order valence-electron chi connectivity index (χ3n) is 2.88. The molecule has 6 unspecified atom stereocenters. The van der Waals surface area contributed by atoms with E-state index in [9.17, 15) is 9.46 Å². The Balaban J connectivity index is 4.25. The Labute approximate surface area is 202 Å². The summed E-state index contributed by atoms with van der Waals surface area (Å²) >= 11 is 37.9. The molecule has 0 aliphatic carbocycles. The molecule has 25 heavy (non-hydrogen) atoms. The second kappa shape index (κ2) is 15.1. The van der Waals surface area contributed by atoms with Gasteiger partial charge in [-0.2, -0.15) is 0 Å². The van der Waals surface area contributed by atoms with Crippen molar-refractivity contribution in [3.05, 3.63) is 0 Å². The minimum atomic E-state index is -4.29. The molecule has 0 rings (SSSR count).